The molecule has 0 saturated carbocycles. The second-order valence-electron chi connectivity index (χ2n) is 6.26. The summed E-state index contributed by atoms with van der Waals surface area (Å²) < 4.78 is 0.897. The van der Waals surface area contributed by atoms with Gasteiger partial charge in [-0.3, -0.25) is 4.79 Å². The molecule has 4 heteroatoms. The molecule has 0 aromatic heterocycles. The number of piperidine rings is 1. The predicted octanol–water partition coefficient (Wildman–Crippen LogP) is 3.57. The van der Waals surface area contributed by atoms with Crippen molar-refractivity contribution >= 4 is 27.9 Å². The lowest BCUT2D eigenvalue weighted by molar-refractivity contribution is 0.112. The molecule has 0 aliphatic carbocycles. The first-order valence-electron chi connectivity index (χ1n) is 7.98. The zero-order valence-electron chi connectivity index (χ0n) is 12.4. The van der Waals surface area contributed by atoms with E-state index in [9.17, 15) is 4.79 Å². The van der Waals surface area contributed by atoms with Crippen molar-refractivity contribution in [1.82, 2.24) is 4.90 Å². The first kappa shape index (κ1) is 15.0. The Bertz CT molecular complexity index is 492. The first-order valence-corrected chi connectivity index (χ1v) is 8.77. The maximum Gasteiger partial charge on any atom is 0.151 e. The van der Waals surface area contributed by atoms with Crippen LogP contribution in [0.3, 0.4) is 0 Å². The van der Waals surface area contributed by atoms with Crippen LogP contribution in [0.15, 0.2) is 22.7 Å². The summed E-state index contributed by atoms with van der Waals surface area (Å²) in [5.41, 5.74) is 1.95. The number of aldehydes is 1. The Hall–Kier alpha value is -0.870. The number of nitrogens with zero attached hydrogens (tertiary/aromatic N) is 2. The molecule has 1 aromatic rings. The topological polar surface area (TPSA) is 23.6 Å². The van der Waals surface area contributed by atoms with Crippen LogP contribution in [-0.4, -0.2) is 43.9 Å². The van der Waals surface area contributed by atoms with Crippen LogP contribution in [0.5, 0.6) is 0 Å². The van der Waals surface area contributed by atoms with E-state index in [0.29, 0.717) is 0 Å². The minimum Gasteiger partial charge on any atom is -0.371 e. The van der Waals surface area contributed by atoms with Gasteiger partial charge < -0.3 is 9.80 Å². The molecule has 21 heavy (non-hydrogen) atoms. The van der Waals surface area contributed by atoms with Crippen molar-refractivity contribution in [2.75, 3.05) is 37.6 Å². The molecule has 2 aliphatic heterocycles. The Morgan fingerprint density at radius 2 is 1.86 bits per heavy atom. The van der Waals surface area contributed by atoms with Crippen LogP contribution in [0.1, 0.15) is 36.0 Å². The average Bonchev–Trinajstić information content (AvgIpc) is 3.01. The van der Waals surface area contributed by atoms with Gasteiger partial charge >= 0.3 is 0 Å². The van der Waals surface area contributed by atoms with E-state index in [1.165, 1.54) is 51.0 Å². The van der Waals surface area contributed by atoms with E-state index in [2.05, 4.69) is 37.9 Å². The minimum atomic E-state index is 0.725. The number of benzene rings is 1. The fraction of sp³-hybridized carbons (Fsp3) is 0.588. The van der Waals surface area contributed by atoms with Gasteiger partial charge in [-0.15, -0.1) is 0 Å². The summed E-state index contributed by atoms with van der Waals surface area (Å²) in [6, 6.07) is 6.04. The van der Waals surface area contributed by atoms with Crippen LogP contribution in [0, 0.1) is 5.92 Å². The van der Waals surface area contributed by atoms with Gasteiger partial charge in [0, 0.05) is 35.4 Å². The van der Waals surface area contributed by atoms with Crippen LogP contribution < -0.4 is 4.90 Å². The highest BCUT2D eigenvalue weighted by molar-refractivity contribution is 9.10. The van der Waals surface area contributed by atoms with Crippen molar-refractivity contribution in [2.24, 2.45) is 5.92 Å². The fourth-order valence-electron chi connectivity index (χ4n) is 3.51. The van der Waals surface area contributed by atoms with E-state index < -0.39 is 0 Å². The second kappa shape index (κ2) is 6.93. The zero-order valence-corrected chi connectivity index (χ0v) is 14.0. The number of rotatable bonds is 4. The molecular formula is C17H23BrN2O. The molecule has 2 saturated heterocycles. The molecule has 2 aliphatic rings. The van der Waals surface area contributed by atoms with Crippen molar-refractivity contribution in [3.63, 3.8) is 0 Å². The molecule has 0 amide bonds. The Morgan fingerprint density at radius 1 is 1.14 bits per heavy atom. The molecule has 0 bridgehead atoms. The molecule has 0 spiro atoms. The third-order valence-corrected chi connectivity index (χ3v) is 5.49. The molecule has 0 atom stereocenters. The number of carbonyl (C=O) groups excluding carboxylic acids is 1. The highest BCUT2D eigenvalue weighted by Crippen LogP contribution is 2.28. The van der Waals surface area contributed by atoms with Gasteiger partial charge in [0.05, 0.1) is 0 Å². The number of hydrogen-bond donors (Lipinski definition) is 0. The maximum atomic E-state index is 10.9. The van der Waals surface area contributed by atoms with Crippen molar-refractivity contribution < 1.29 is 4.79 Å². The van der Waals surface area contributed by atoms with Crippen LogP contribution in [0.25, 0.3) is 0 Å². The summed E-state index contributed by atoms with van der Waals surface area (Å²) in [4.78, 5) is 16.0. The van der Waals surface area contributed by atoms with Gasteiger partial charge in [-0.25, -0.2) is 0 Å². The summed E-state index contributed by atoms with van der Waals surface area (Å²) in [7, 11) is 0. The van der Waals surface area contributed by atoms with Gasteiger partial charge in [0.15, 0.2) is 6.29 Å². The Kier molecular flexibility index (Phi) is 4.96. The van der Waals surface area contributed by atoms with Crippen LogP contribution in [0.4, 0.5) is 5.69 Å². The molecule has 3 nitrogen and oxygen atoms in total. The normalized spacial score (nSPS) is 20.9. The second-order valence-corrected chi connectivity index (χ2v) is 7.12. The number of likely N-dealkylation sites (tertiary alicyclic amines) is 1. The van der Waals surface area contributed by atoms with Crippen molar-refractivity contribution in [1.29, 1.82) is 0 Å². The highest BCUT2D eigenvalue weighted by Gasteiger charge is 2.23. The van der Waals surface area contributed by atoms with Crippen molar-refractivity contribution in [3.8, 4) is 0 Å². The zero-order chi connectivity index (χ0) is 14.7. The summed E-state index contributed by atoms with van der Waals surface area (Å²) in [6.07, 6.45) is 6.23. The third kappa shape index (κ3) is 3.67. The smallest absolute Gasteiger partial charge is 0.151 e. The lowest BCUT2D eigenvalue weighted by Gasteiger charge is -2.35. The van der Waals surface area contributed by atoms with Gasteiger partial charge in [-0.2, -0.15) is 0 Å². The molecule has 114 valence electrons. The van der Waals surface area contributed by atoms with E-state index >= 15 is 0 Å². The van der Waals surface area contributed by atoms with E-state index in [1.807, 2.05) is 6.07 Å². The van der Waals surface area contributed by atoms with E-state index in [4.69, 9.17) is 0 Å². The standard InChI is InChI=1S/C17H23BrN2O/c18-17-11-16(4-3-15(17)13-21)20-9-5-14(6-10-20)12-19-7-1-2-8-19/h3-4,11,13-14H,1-2,5-10,12H2. The minimum absolute atomic E-state index is 0.725. The van der Waals surface area contributed by atoms with Gasteiger partial charge in [0.2, 0.25) is 0 Å². The highest BCUT2D eigenvalue weighted by atomic mass is 79.9. The number of hydrogen-bond acceptors (Lipinski definition) is 3. The summed E-state index contributed by atoms with van der Waals surface area (Å²) in [5, 5.41) is 0. The monoisotopic (exact) mass is 350 g/mol. The molecule has 2 heterocycles. The Labute approximate surface area is 135 Å². The quantitative estimate of drug-likeness (QED) is 0.775. The number of halogens is 1. The van der Waals surface area contributed by atoms with E-state index in [0.717, 1.165) is 35.3 Å². The number of anilines is 1. The summed E-state index contributed by atoms with van der Waals surface area (Å²) in [5.74, 6) is 0.858. The third-order valence-electron chi connectivity index (χ3n) is 4.81. The largest absolute Gasteiger partial charge is 0.371 e. The van der Waals surface area contributed by atoms with E-state index in [-0.39, 0.29) is 0 Å². The SMILES string of the molecule is O=Cc1ccc(N2CCC(CN3CCCC3)CC2)cc1Br. The molecule has 0 N–H and O–H groups in total. The van der Waals surface area contributed by atoms with Crippen molar-refractivity contribution in [2.45, 2.75) is 25.7 Å². The van der Waals surface area contributed by atoms with Crippen LogP contribution >= 0.6 is 15.9 Å². The maximum absolute atomic E-state index is 10.9. The van der Waals surface area contributed by atoms with Gasteiger partial charge in [0.25, 0.3) is 0 Å². The molecule has 1 aromatic carbocycles. The lowest BCUT2D eigenvalue weighted by Crippen LogP contribution is -2.38. The molecule has 3 rings (SSSR count). The van der Waals surface area contributed by atoms with Gasteiger partial charge in [-0.1, -0.05) is 0 Å². The molecule has 0 unspecified atom stereocenters. The summed E-state index contributed by atoms with van der Waals surface area (Å²) >= 11 is 3.48. The predicted molar refractivity (Wildman–Crippen MR) is 90.1 cm³/mol. The average molecular weight is 351 g/mol. The van der Waals surface area contributed by atoms with Crippen LogP contribution in [0.2, 0.25) is 0 Å². The van der Waals surface area contributed by atoms with Gasteiger partial charge in [0.1, 0.15) is 0 Å². The molecule has 2 fully saturated rings. The fourth-order valence-corrected chi connectivity index (χ4v) is 3.97. The Balaban J connectivity index is 1.55. The molecular weight excluding hydrogens is 328 g/mol. The number of carbonyl (C=O) groups is 1. The van der Waals surface area contributed by atoms with Gasteiger partial charge in [-0.05, 0) is 78.8 Å². The van der Waals surface area contributed by atoms with E-state index in [1.54, 1.807) is 0 Å². The first-order chi connectivity index (χ1) is 10.3. The van der Waals surface area contributed by atoms with Crippen LogP contribution in [-0.2, 0) is 0 Å². The van der Waals surface area contributed by atoms with Crippen molar-refractivity contribution in [3.05, 3.63) is 28.2 Å². The molecule has 0 radical (unpaired) electrons. The summed E-state index contributed by atoms with van der Waals surface area (Å²) in [6.45, 7) is 6.17. The lowest BCUT2D eigenvalue weighted by atomic mass is 9.96. The Morgan fingerprint density at radius 3 is 2.48 bits per heavy atom.